The fourth-order valence-electron chi connectivity index (χ4n) is 2.10. The molecule has 0 saturated carbocycles. The lowest BCUT2D eigenvalue weighted by Crippen LogP contribution is -1.88. The van der Waals surface area contributed by atoms with Crippen molar-refractivity contribution >= 4 is 45.0 Å². The van der Waals surface area contributed by atoms with Crippen LogP contribution in [0.1, 0.15) is 0 Å². The van der Waals surface area contributed by atoms with Crippen LogP contribution in [0.5, 0.6) is 0 Å². The van der Waals surface area contributed by atoms with E-state index in [1.165, 1.54) is 0 Å². The van der Waals surface area contributed by atoms with E-state index >= 15 is 0 Å². The summed E-state index contributed by atoms with van der Waals surface area (Å²) in [6, 6.07) is 7.80. The quantitative estimate of drug-likeness (QED) is 0.551. The SMILES string of the molecule is Cn1c2cc(Cl)ccc2c2ccnc(Cl)c21. The summed E-state index contributed by atoms with van der Waals surface area (Å²) in [5.74, 6) is 0. The molecule has 0 aliphatic carbocycles. The normalized spacial score (nSPS) is 11.4. The Hall–Kier alpha value is -1.25. The van der Waals surface area contributed by atoms with E-state index in [4.69, 9.17) is 23.2 Å². The lowest BCUT2D eigenvalue weighted by Gasteiger charge is -1.98. The average molecular weight is 251 g/mol. The molecule has 16 heavy (non-hydrogen) atoms. The topological polar surface area (TPSA) is 17.8 Å². The van der Waals surface area contributed by atoms with Crippen LogP contribution in [0.3, 0.4) is 0 Å². The van der Waals surface area contributed by atoms with Gasteiger partial charge in [-0.3, -0.25) is 0 Å². The molecular weight excluding hydrogens is 243 g/mol. The Morgan fingerprint density at radius 3 is 2.75 bits per heavy atom. The summed E-state index contributed by atoms with van der Waals surface area (Å²) in [6.07, 6.45) is 1.72. The van der Waals surface area contributed by atoms with Crippen molar-refractivity contribution in [3.05, 3.63) is 40.6 Å². The second-order valence-corrected chi connectivity index (χ2v) is 4.51. The number of aryl methyl sites for hydroxylation is 1. The zero-order valence-corrected chi connectivity index (χ0v) is 10.0. The molecule has 0 fully saturated rings. The third kappa shape index (κ3) is 1.24. The zero-order chi connectivity index (χ0) is 11.3. The molecule has 0 unspecified atom stereocenters. The summed E-state index contributed by atoms with van der Waals surface area (Å²) in [5, 5.41) is 3.50. The fourth-order valence-corrected chi connectivity index (χ4v) is 2.55. The molecule has 2 aromatic heterocycles. The molecule has 80 valence electrons. The van der Waals surface area contributed by atoms with Gasteiger partial charge in [0.2, 0.25) is 0 Å². The maximum Gasteiger partial charge on any atom is 0.153 e. The molecule has 2 nitrogen and oxygen atoms in total. The van der Waals surface area contributed by atoms with Crippen molar-refractivity contribution in [2.75, 3.05) is 0 Å². The van der Waals surface area contributed by atoms with Crippen LogP contribution in [0.25, 0.3) is 21.8 Å². The summed E-state index contributed by atoms with van der Waals surface area (Å²) >= 11 is 12.1. The number of pyridine rings is 1. The minimum atomic E-state index is 0.521. The molecule has 0 aliphatic heterocycles. The molecule has 4 heteroatoms. The second kappa shape index (κ2) is 3.37. The monoisotopic (exact) mass is 250 g/mol. The van der Waals surface area contributed by atoms with E-state index in [1.807, 2.05) is 35.9 Å². The lowest BCUT2D eigenvalue weighted by atomic mass is 10.2. The highest BCUT2D eigenvalue weighted by atomic mass is 35.5. The molecule has 3 aromatic rings. The zero-order valence-electron chi connectivity index (χ0n) is 8.54. The Balaban J connectivity index is 2.64. The van der Waals surface area contributed by atoms with E-state index in [9.17, 15) is 0 Å². The van der Waals surface area contributed by atoms with E-state index in [1.54, 1.807) is 6.20 Å². The van der Waals surface area contributed by atoms with Crippen molar-refractivity contribution in [2.45, 2.75) is 0 Å². The number of hydrogen-bond donors (Lipinski definition) is 0. The number of nitrogens with zero attached hydrogens (tertiary/aromatic N) is 2. The summed E-state index contributed by atoms with van der Waals surface area (Å²) in [6.45, 7) is 0. The Morgan fingerprint density at radius 2 is 1.94 bits per heavy atom. The van der Waals surface area contributed by atoms with Crippen molar-refractivity contribution < 1.29 is 0 Å². The van der Waals surface area contributed by atoms with Gasteiger partial charge in [-0.05, 0) is 18.2 Å². The van der Waals surface area contributed by atoms with E-state index < -0.39 is 0 Å². The molecule has 1 aromatic carbocycles. The minimum absolute atomic E-state index is 0.521. The van der Waals surface area contributed by atoms with Crippen LogP contribution in [0.2, 0.25) is 10.2 Å². The first-order valence-electron chi connectivity index (χ1n) is 4.86. The van der Waals surface area contributed by atoms with Gasteiger partial charge in [0, 0.05) is 29.0 Å². The van der Waals surface area contributed by atoms with Gasteiger partial charge in [0.05, 0.1) is 11.0 Å². The Bertz CT molecular complexity index is 701. The first-order valence-corrected chi connectivity index (χ1v) is 5.62. The molecule has 2 heterocycles. The number of benzene rings is 1. The molecule has 3 rings (SSSR count). The molecule has 0 radical (unpaired) electrons. The minimum Gasteiger partial charge on any atom is -0.341 e. The highest BCUT2D eigenvalue weighted by Gasteiger charge is 2.11. The van der Waals surface area contributed by atoms with Crippen LogP contribution < -0.4 is 0 Å². The maximum absolute atomic E-state index is 6.11. The Labute approximate surface area is 102 Å². The average Bonchev–Trinajstić information content (AvgIpc) is 2.54. The van der Waals surface area contributed by atoms with Crippen LogP contribution in [-0.2, 0) is 7.05 Å². The van der Waals surface area contributed by atoms with Crippen LogP contribution in [0, 0.1) is 0 Å². The number of hydrogen-bond acceptors (Lipinski definition) is 1. The molecule has 0 saturated heterocycles. The van der Waals surface area contributed by atoms with Gasteiger partial charge in [0.1, 0.15) is 0 Å². The van der Waals surface area contributed by atoms with Crippen LogP contribution in [0.15, 0.2) is 30.5 Å². The molecule has 0 N–H and O–H groups in total. The Kier molecular flexibility index (Phi) is 2.09. The van der Waals surface area contributed by atoms with Crippen molar-refractivity contribution in [1.29, 1.82) is 0 Å². The highest BCUT2D eigenvalue weighted by molar-refractivity contribution is 6.35. The van der Waals surface area contributed by atoms with Gasteiger partial charge < -0.3 is 4.57 Å². The first-order chi connectivity index (χ1) is 7.68. The molecule has 0 bridgehead atoms. The predicted molar refractivity (Wildman–Crippen MR) is 68.2 cm³/mol. The third-order valence-electron chi connectivity index (χ3n) is 2.83. The van der Waals surface area contributed by atoms with Gasteiger partial charge >= 0.3 is 0 Å². The molecule has 0 atom stereocenters. The van der Waals surface area contributed by atoms with Gasteiger partial charge in [-0.2, -0.15) is 0 Å². The summed E-state index contributed by atoms with van der Waals surface area (Å²) in [7, 11) is 1.97. The van der Waals surface area contributed by atoms with Crippen molar-refractivity contribution in [1.82, 2.24) is 9.55 Å². The predicted octanol–water partition coefficient (Wildman–Crippen LogP) is 4.03. The summed E-state index contributed by atoms with van der Waals surface area (Å²) in [4.78, 5) is 4.10. The molecule has 0 aliphatic rings. The standard InChI is InChI=1S/C12H8Cl2N2/c1-16-10-6-7(13)2-3-8(10)9-4-5-15-12(14)11(9)16/h2-6H,1H3. The smallest absolute Gasteiger partial charge is 0.153 e. The lowest BCUT2D eigenvalue weighted by molar-refractivity contribution is 1.01. The largest absolute Gasteiger partial charge is 0.341 e. The van der Waals surface area contributed by atoms with Crippen molar-refractivity contribution in [2.24, 2.45) is 7.05 Å². The van der Waals surface area contributed by atoms with Crippen molar-refractivity contribution in [3.63, 3.8) is 0 Å². The number of halogens is 2. The fraction of sp³-hybridized carbons (Fsp3) is 0.0833. The molecule has 0 spiro atoms. The molecular formula is C12H8Cl2N2. The molecule has 0 amide bonds. The van der Waals surface area contributed by atoms with Crippen molar-refractivity contribution in [3.8, 4) is 0 Å². The van der Waals surface area contributed by atoms with Crippen LogP contribution in [0.4, 0.5) is 0 Å². The van der Waals surface area contributed by atoms with Gasteiger partial charge in [-0.25, -0.2) is 4.98 Å². The van der Waals surface area contributed by atoms with E-state index in [0.29, 0.717) is 5.15 Å². The van der Waals surface area contributed by atoms with Gasteiger partial charge in [-0.1, -0.05) is 29.3 Å². The number of aromatic nitrogens is 2. The third-order valence-corrected chi connectivity index (χ3v) is 3.34. The summed E-state index contributed by atoms with van der Waals surface area (Å²) in [5.41, 5.74) is 2.01. The highest BCUT2D eigenvalue weighted by Crippen LogP contribution is 2.32. The van der Waals surface area contributed by atoms with Crippen LogP contribution in [-0.4, -0.2) is 9.55 Å². The number of rotatable bonds is 0. The summed E-state index contributed by atoms with van der Waals surface area (Å²) < 4.78 is 2.02. The second-order valence-electron chi connectivity index (χ2n) is 3.72. The van der Waals surface area contributed by atoms with E-state index in [-0.39, 0.29) is 0 Å². The number of fused-ring (bicyclic) bond motifs is 3. The van der Waals surface area contributed by atoms with E-state index in [2.05, 4.69) is 4.98 Å². The van der Waals surface area contributed by atoms with Crippen LogP contribution >= 0.6 is 23.2 Å². The Morgan fingerprint density at radius 1 is 1.12 bits per heavy atom. The van der Waals surface area contributed by atoms with Gasteiger partial charge in [0.25, 0.3) is 0 Å². The maximum atomic E-state index is 6.11. The van der Waals surface area contributed by atoms with Gasteiger partial charge in [-0.15, -0.1) is 0 Å². The van der Waals surface area contributed by atoms with Gasteiger partial charge in [0.15, 0.2) is 5.15 Å². The first kappa shape index (κ1) is 9.94. The van der Waals surface area contributed by atoms with E-state index in [0.717, 1.165) is 26.8 Å².